The van der Waals surface area contributed by atoms with Crippen LogP contribution in [0.2, 0.25) is 0 Å². The van der Waals surface area contributed by atoms with Crippen molar-refractivity contribution >= 4 is 23.4 Å². The molecule has 1 amide bonds. The SMILES string of the molecule is C=C(OC)C(=O)OC(=O)N1CCNc2ccccc21. The molecule has 0 unspecified atom stereocenters. The molecule has 0 aliphatic carbocycles. The van der Waals surface area contributed by atoms with Crippen LogP contribution in [0.15, 0.2) is 36.6 Å². The Balaban J connectivity index is 2.13. The third-order valence-corrected chi connectivity index (χ3v) is 2.72. The van der Waals surface area contributed by atoms with Gasteiger partial charge < -0.3 is 14.8 Å². The number of ether oxygens (including phenoxy) is 2. The second kappa shape index (κ2) is 5.43. The van der Waals surface area contributed by atoms with Crippen molar-refractivity contribution in [1.82, 2.24) is 0 Å². The van der Waals surface area contributed by atoms with E-state index in [4.69, 9.17) is 4.74 Å². The Morgan fingerprint density at radius 2 is 2.11 bits per heavy atom. The van der Waals surface area contributed by atoms with Crippen LogP contribution in [0.1, 0.15) is 0 Å². The maximum Gasteiger partial charge on any atom is 0.422 e. The molecule has 0 radical (unpaired) electrons. The maximum absolute atomic E-state index is 12.0. The molecule has 2 rings (SSSR count). The summed E-state index contributed by atoms with van der Waals surface area (Å²) in [4.78, 5) is 24.8. The van der Waals surface area contributed by atoms with Crippen molar-refractivity contribution in [2.45, 2.75) is 0 Å². The van der Waals surface area contributed by atoms with Crippen LogP contribution < -0.4 is 10.2 Å². The van der Waals surface area contributed by atoms with Gasteiger partial charge in [-0.25, -0.2) is 9.59 Å². The Labute approximate surface area is 110 Å². The van der Waals surface area contributed by atoms with Crippen LogP contribution in [-0.4, -0.2) is 32.3 Å². The summed E-state index contributed by atoms with van der Waals surface area (Å²) in [6, 6.07) is 7.30. The van der Waals surface area contributed by atoms with Crippen molar-refractivity contribution in [3.63, 3.8) is 0 Å². The first-order valence-electron chi connectivity index (χ1n) is 5.73. The third-order valence-electron chi connectivity index (χ3n) is 2.72. The molecule has 1 N–H and O–H groups in total. The minimum atomic E-state index is -0.886. The van der Waals surface area contributed by atoms with Crippen LogP contribution in [0, 0.1) is 0 Å². The van der Waals surface area contributed by atoms with E-state index in [0.29, 0.717) is 18.8 Å². The molecule has 1 aliphatic heterocycles. The summed E-state index contributed by atoms with van der Waals surface area (Å²) < 4.78 is 9.31. The second-order valence-electron chi connectivity index (χ2n) is 3.88. The molecule has 19 heavy (non-hydrogen) atoms. The van der Waals surface area contributed by atoms with Crippen molar-refractivity contribution in [1.29, 1.82) is 0 Å². The number of esters is 1. The number of para-hydroxylation sites is 2. The zero-order valence-electron chi connectivity index (χ0n) is 10.5. The third kappa shape index (κ3) is 2.67. The molecule has 0 bridgehead atoms. The highest BCUT2D eigenvalue weighted by atomic mass is 16.6. The van der Waals surface area contributed by atoms with Crippen molar-refractivity contribution in [2.75, 3.05) is 30.4 Å². The average Bonchev–Trinajstić information content (AvgIpc) is 2.45. The number of anilines is 2. The summed E-state index contributed by atoms with van der Waals surface area (Å²) in [6.45, 7) is 4.34. The number of hydrogen-bond donors (Lipinski definition) is 1. The smallest absolute Gasteiger partial charge is 0.422 e. The Morgan fingerprint density at radius 1 is 1.37 bits per heavy atom. The zero-order chi connectivity index (χ0) is 13.8. The first kappa shape index (κ1) is 12.9. The van der Waals surface area contributed by atoms with E-state index < -0.39 is 12.1 Å². The molecule has 0 saturated heterocycles. The number of rotatable bonds is 2. The Kier molecular flexibility index (Phi) is 3.70. The molecule has 1 aliphatic rings. The summed E-state index contributed by atoms with van der Waals surface area (Å²) in [5.41, 5.74) is 1.50. The lowest BCUT2D eigenvalue weighted by Gasteiger charge is -2.29. The Morgan fingerprint density at radius 3 is 2.84 bits per heavy atom. The van der Waals surface area contributed by atoms with Gasteiger partial charge in [-0.1, -0.05) is 12.1 Å². The molecule has 1 aromatic rings. The van der Waals surface area contributed by atoms with E-state index >= 15 is 0 Å². The summed E-state index contributed by atoms with van der Waals surface area (Å²) >= 11 is 0. The lowest BCUT2D eigenvalue weighted by Crippen LogP contribution is -2.40. The molecule has 1 heterocycles. The minimum absolute atomic E-state index is 0.211. The van der Waals surface area contributed by atoms with Crippen LogP contribution in [0.3, 0.4) is 0 Å². The van der Waals surface area contributed by atoms with Gasteiger partial charge in [0.2, 0.25) is 0 Å². The standard InChI is InChI=1S/C13H14N2O4/c1-9(18-2)12(16)19-13(17)15-8-7-14-10-5-3-4-6-11(10)15/h3-6,14H,1,7-8H2,2H3. The summed E-state index contributed by atoms with van der Waals surface area (Å²) in [5, 5.41) is 3.16. The fraction of sp³-hybridized carbons (Fsp3) is 0.231. The fourth-order valence-corrected chi connectivity index (χ4v) is 1.75. The van der Waals surface area contributed by atoms with Gasteiger partial charge in [-0.15, -0.1) is 0 Å². The number of nitrogens with one attached hydrogen (secondary N) is 1. The van der Waals surface area contributed by atoms with Gasteiger partial charge in [0.05, 0.1) is 18.5 Å². The van der Waals surface area contributed by atoms with Gasteiger partial charge in [-0.2, -0.15) is 0 Å². The van der Waals surface area contributed by atoms with Crippen LogP contribution in [0.5, 0.6) is 0 Å². The number of benzene rings is 1. The van der Waals surface area contributed by atoms with Gasteiger partial charge in [0.1, 0.15) is 0 Å². The van der Waals surface area contributed by atoms with Crippen LogP contribution in [-0.2, 0) is 14.3 Å². The predicted octanol–water partition coefficient (Wildman–Crippen LogP) is 1.74. The van der Waals surface area contributed by atoms with Crippen molar-refractivity contribution < 1.29 is 19.1 Å². The van der Waals surface area contributed by atoms with Gasteiger partial charge in [-0.05, 0) is 18.7 Å². The number of carbonyl (C=O) groups is 2. The van der Waals surface area contributed by atoms with Crippen molar-refractivity contribution in [3.05, 3.63) is 36.6 Å². The molecule has 6 heteroatoms. The predicted molar refractivity (Wildman–Crippen MR) is 69.9 cm³/mol. The van der Waals surface area contributed by atoms with E-state index in [2.05, 4.69) is 16.6 Å². The average molecular weight is 262 g/mol. The molecule has 0 atom stereocenters. The van der Waals surface area contributed by atoms with E-state index in [1.807, 2.05) is 18.2 Å². The van der Waals surface area contributed by atoms with Gasteiger partial charge in [0, 0.05) is 13.1 Å². The largest absolute Gasteiger partial charge is 0.490 e. The summed E-state index contributed by atoms with van der Waals surface area (Å²) in [5.74, 6) is -1.10. The Bertz CT molecular complexity index is 527. The molecule has 0 spiro atoms. The van der Waals surface area contributed by atoms with Crippen molar-refractivity contribution in [2.24, 2.45) is 0 Å². The van der Waals surface area contributed by atoms with Crippen LogP contribution in [0.25, 0.3) is 0 Å². The first-order chi connectivity index (χ1) is 9.13. The molecule has 1 aromatic carbocycles. The molecule has 0 aromatic heterocycles. The zero-order valence-corrected chi connectivity index (χ0v) is 10.5. The molecular weight excluding hydrogens is 248 g/mol. The molecular formula is C13H14N2O4. The number of hydrogen-bond acceptors (Lipinski definition) is 5. The van der Waals surface area contributed by atoms with E-state index in [-0.39, 0.29) is 5.76 Å². The van der Waals surface area contributed by atoms with Crippen LogP contribution >= 0.6 is 0 Å². The highest BCUT2D eigenvalue weighted by molar-refractivity contribution is 6.01. The van der Waals surface area contributed by atoms with Gasteiger partial charge in [0.15, 0.2) is 5.76 Å². The molecule has 100 valence electrons. The quantitative estimate of drug-likeness (QED) is 0.380. The molecule has 6 nitrogen and oxygen atoms in total. The molecule has 0 fully saturated rings. The van der Waals surface area contributed by atoms with Crippen LogP contribution in [0.4, 0.5) is 16.2 Å². The Hall–Kier alpha value is -2.50. The van der Waals surface area contributed by atoms with E-state index in [0.717, 1.165) is 5.69 Å². The number of fused-ring (bicyclic) bond motifs is 1. The lowest BCUT2D eigenvalue weighted by molar-refractivity contribution is -0.136. The van der Waals surface area contributed by atoms with Gasteiger partial charge in [-0.3, -0.25) is 4.90 Å². The van der Waals surface area contributed by atoms with E-state index in [9.17, 15) is 9.59 Å². The van der Waals surface area contributed by atoms with Crippen molar-refractivity contribution in [3.8, 4) is 0 Å². The minimum Gasteiger partial charge on any atom is -0.490 e. The van der Waals surface area contributed by atoms with Gasteiger partial charge >= 0.3 is 12.1 Å². The van der Waals surface area contributed by atoms with E-state index in [1.165, 1.54) is 12.0 Å². The number of methoxy groups -OCH3 is 1. The summed E-state index contributed by atoms with van der Waals surface area (Å²) in [6.07, 6.45) is -0.739. The topological polar surface area (TPSA) is 67.9 Å². The fourth-order valence-electron chi connectivity index (χ4n) is 1.75. The monoisotopic (exact) mass is 262 g/mol. The highest BCUT2D eigenvalue weighted by Gasteiger charge is 2.26. The first-order valence-corrected chi connectivity index (χ1v) is 5.73. The molecule has 0 saturated carbocycles. The van der Waals surface area contributed by atoms with Gasteiger partial charge in [0.25, 0.3) is 0 Å². The summed E-state index contributed by atoms with van der Waals surface area (Å²) in [7, 11) is 1.29. The van der Waals surface area contributed by atoms with E-state index in [1.54, 1.807) is 6.07 Å². The second-order valence-corrected chi connectivity index (χ2v) is 3.88. The number of amides is 1. The highest BCUT2D eigenvalue weighted by Crippen LogP contribution is 2.28. The number of nitrogens with zero attached hydrogens (tertiary/aromatic N) is 1. The normalized spacial score (nSPS) is 13.0. The maximum atomic E-state index is 12.0. The lowest BCUT2D eigenvalue weighted by atomic mass is 10.2. The number of carbonyl (C=O) groups excluding carboxylic acids is 2.